The van der Waals surface area contributed by atoms with Crippen molar-refractivity contribution in [2.75, 3.05) is 40.8 Å². The number of methoxy groups -OCH3 is 1. The second kappa shape index (κ2) is 7.64. The van der Waals surface area contributed by atoms with Gasteiger partial charge in [0.1, 0.15) is 5.75 Å². The van der Waals surface area contributed by atoms with Crippen molar-refractivity contribution in [1.82, 2.24) is 14.7 Å². The van der Waals surface area contributed by atoms with Gasteiger partial charge in [0.15, 0.2) is 0 Å². The monoisotopic (exact) mass is 385 g/mol. The van der Waals surface area contributed by atoms with Crippen molar-refractivity contribution in [1.29, 1.82) is 0 Å². The molecule has 0 aromatic heterocycles. The molecule has 0 radical (unpaired) electrons. The largest absolute Gasteiger partial charge is 0.497 e. The number of fused-ring (bicyclic) bond motifs is 1. The van der Waals surface area contributed by atoms with E-state index >= 15 is 0 Å². The van der Waals surface area contributed by atoms with E-state index in [1.54, 1.807) is 26.1 Å². The Labute approximate surface area is 167 Å². The summed E-state index contributed by atoms with van der Waals surface area (Å²) in [6.45, 7) is 2.25. The Hall–Kier alpha value is -2.24. The highest BCUT2D eigenvalue weighted by molar-refractivity contribution is 5.78. The zero-order chi connectivity index (χ0) is 19.8. The van der Waals surface area contributed by atoms with Crippen LogP contribution in [0.15, 0.2) is 24.3 Å². The van der Waals surface area contributed by atoms with E-state index in [0.29, 0.717) is 36.6 Å². The van der Waals surface area contributed by atoms with Gasteiger partial charge in [-0.3, -0.25) is 4.79 Å². The van der Waals surface area contributed by atoms with Crippen molar-refractivity contribution < 1.29 is 14.3 Å². The van der Waals surface area contributed by atoms with Gasteiger partial charge in [-0.2, -0.15) is 0 Å². The lowest BCUT2D eigenvalue weighted by Crippen LogP contribution is -2.42. The quantitative estimate of drug-likeness (QED) is 0.801. The molecule has 1 aromatic carbocycles. The Balaban J connectivity index is 1.54. The molecule has 0 unspecified atom stereocenters. The standard InChI is InChI=1S/C22H31N3O3/c1-23(2)22(27)25-13-17-12-24(20(26)11-15-5-4-6-15)14-19(17)21(25)16-7-9-18(28-3)10-8-16/h7-10,15,17,19,21H,4-6,11-14H2,1-3H3/t17-,19-,21+/m1/s1. The van der Waals surface area contributed by atoms with Gasteiger partial charge >= 0.3 is 6.03 Å². The lowest BCUT2D eigenvalue weighted by Gasteiger charge is -2.32. The maximum absolute atomic E-state index is 12.8. The predicted octanol–water partition coefficient (Wildman–Crippen LogP) is 3.00. The first-order valence-electron chi connectivity index (χ1n) is 10.4. The van der Waals surface area contributed by atoms with Gasteiger partial charge in [-0.1, -0.05) is 18.6 Å². The van der Waals surface area contributed by atoms with E-state index in [9.17, 15) is 9.59 Å². The average molecular weight is 386 g/mol. The molecule has 2 heterocycles. The van der Waals surface area contributed by atoms with Crippen molar-refractivity contribution in [2.24, 2.45) is 17.8 Å². The van der Waals surface area contributed by atoms with Gasteiger partial charge in [-0.25, -0.2) is 4.79 Å². The average Bonchev–Trinajstić information content (AvgIpc) is 3.21. The smallest absolute Gasteiger partial charge is 0.320 e. The minimum Gasteiger partial charge on any atom is -0.497 e. The number of likely N-dealkylation sites (tertiary alicyclic amines) is 2. The number of amides is 3. The summed E-state index contributed by atoms with van der Waals surface area (Å²) in [6, 6.07) is 8.07. The number of rotatable bonds is 4. The first-order chi connectivity index (χ1) is 13.5. The fraction of sp³-hybridized carbons (Fsp3) is 0.636. The Morgan fingerprint density at radius 3 is 2.39 bits per heavy atom. The van der Waals surface area contributed by atoms with E-state index in [2.05, 4.69) is 17.0 Å². The van der Waals surface area contributed by atoms with E-state index in [0.717, 1.165) is 24.4 Å². The number of nitrogens with zero attached hydrogens (tertiary/aromatic N) is 3. The van der Waals surface area contributed by atoms with Crippen molar-refractivity contribution in [3.63, 3.8) is 0 Å². The third kappa shape index (κ3) is 3.45. The molecule has 0 spiro atoms. The summed E-state index contributed by atoms with van der Waals surface area (Å²) in [5, 5.41) is 0. The second-order valence-electron chi connectivity index (χ2n) is 8.77. The predicted molar refractivity (Wildman–Crippen MR) is 107 cm³/mol. The van der Waals surface area contributed by atoms with Crippen LogP contribution in [-0.4, -0.2) is 67.5 Å². The number of hydrogen-bond acceptors (Lipinski definition) is 3. The van der Waals surface area contributed by atoms with Gasteiger partial charge in [-0.05, 0) is 36.5 Å². The molecule has 28 heavy (non-hydrogen) atoms. The van der Waals surface area contributed by atoms with Crippen LogP contribution in [0.2, 0.25) is 0 Å². The van der Waals surface area contributed by atoms with Crippen LogP contribution in [0.25, 0.3) is 0 Å². The molecule has 3 atom stereocenters. The van der Waals surface area contributed by atoms with Gasteiger partial charge in [0.2, 0.25) is 5.91 Å². The SMILES string of the molecule is COc1ccc([C@H]2[C@@H]3CN(C(=O)CC4CCC4)C[C@@H]3CN2C(=O)N(C)C)cc1. The molecule has 0 bridgehead atoms. The minimum atomic E-state index is 0.00677. The molecule has 3 fully saturated rings. The molecule has 1 aliphatic carbocycles. The summed E-state index contributed by atoms with van der Waals surface area (Å²) in [5.41, 5.74) is 1.12. The van der Waals surface area contributed by atoms with Gasteiger partial charge in [-0.15, -0.1) is 0 Å². The van der Waals surface area contributed by atoms with Gasteiger partial charge < -0.3 is 19.4 Å². The van der Waals surface area contributed by atoms with E-state index in [4.69, 9.17) is 4.74 Å². The zero-order valence-corrected chi connectivity index (χ0v) is 17.1. The fourth-order valence-corrected chi connectivity index (χ4v) is 5.00. The van der Waals surface area contributed by atoms with E-state index in [1.807, 2.05) is 17.0 Å². The Kier molecular flexibility index (Phi) is 5.21. The molecule has 1 aromatic rings. The zero-order valence-electron chi connectivity index (χ0n) is 17.1. The van der Waals surface area contributed by atoms with E-state index in [1.165, 1.54) is 19.3 Å². The van der Waals surface area contributed by atoms with E-state index < -0.39 is 0 Å². The Morgan fingerprint density at radius 1 is 1.11 bits per heavy atom. The summed E-state index contributed by atoms with van der Waals surface area (Å²) in [5.74, 6) is 2.35. The molecule has 6 nitrogen and oxygen atoms in total. The number of benzene rings is 1. The first-order valence-corrected chi connectivity index (χ1v) is 10.4. The normalized spacial score (nSPS) is 26.8. The summed E-state index contributed by atoms with van der Waals surface area (Å²) >= 11 is 0. The summed E-state index contributed by atoms with van der Waals surface area (Å²) in [4.78, 5) is 31.3. The van der Waals surface area contributed by atoms with Crippen molar-refractivity contribution in [3.05, 3.63) is 29.8 Å². The maximum Gasteiger partial charge on any atom is 0.320 e. The highest BCUT2D eigenvalue weighted by atomic mass is 16.5. The molecular formula is C22H31N3O3. The van der Waals surface area contributed by atoms with E-state index in [-0.39, 0.29) is 12.1 Å². The molecule has 4 rings (SSSR count). The lowest BCUT2D eigenvalue weighted by molar-refractivity contribution is -0.132. The molecule has 0 N–H and O–H groups in total. The van der Waals surface area contributed by atoms with Crippen LogP contribution >= 0.6 is 0 Å². The van der Waals surface area contributed by atoms with Gasteiger partial charge in [0, 0.05) is 52.0 Å². The number of carbonyl (C=O) groups excluding carboxylic acids is 2. The second-order valence-corrected chi connectivity index (χ2v) is 8.77. The molecule has 1 saturated carbocycles. The first kappa shape index (κ1) is 19.1. The summed E-state index contributed by atoms with van der Waals surface area (Å²) in [6.07, 6.45) is 4.37. The Morgan fingerprint density at radius 2 is 1.82 bits per heavy atom. The molecular weight excluding hydrogens is 354 g/mol. The summed E-state index contributed by atoms with van der Waals surface area (Å²) in [7, 11) is 5.26. The van der Waals surface area contributed by atoms with Crippen LogP contribution in [-0.2, 0) is 4.79 Å². The van der Waals surface area contributed by atoms with Crippen LogP contribution in [0.3, 0.4) is 0 Å². The number of hydrogen-bond donors (Lipinski definition) is 0. The molecule has 3 amide bonds. The van der Waals surface area contributed by atoms with Crippen LogP contribution < -0.4 is 4.74 Å². The maximum atomic E-state index is 12.8. The fourth-order valence-electron chi connectivity index (χ4n) is 5.00. The van der Waals surface area contributed by atoms with Crippen LogP contribution in [0.5, 0.6) is 5.75 Å². The van der Waals surface area contributed by atoms with Crippen LogP contribution in [0.4, 0.5) is 4.79 Å². The molecule has 152 valence electrons. The van der Waals surface area contributed by atoms with Crippen LogP contribution in [0, 0.1) is 17.8 Å². The molecule has 2 saturated heterocycles. The number of urea groups is 1. The molecule has 2 aliphatic heterocycles. The van der Waals surface area contributed by atoms with Crippen molar-refractivity contribution in [2.45, 2.75) is 31.7 Å². The Bertz CT molecular complexity index is 729. The minimum absolute atomic E-state index is 0.00677. The van der Waals surface area contributed by atoms with Crippen molar-refractivity contribution in [3.8, 4) is 5.75 Å². The lowest BCUT2D eigenvalue weighted by atomic mass is 9.83. The highest BCUT2D eigenvalue weighted by Gasteiger charge is 2.50. The van der Waals surface area contributed by atoms with Gasteiger partial charge in [0.25, 0.3) is 0 Å². The molecule has 3 aliphatic rings. The topological polar surface area (TPSA) is 53.1 Å². The number of ether oxygens (including phenoxy) is 1. The number of carbonyl (C=O) groups is 2. The molecule has 6 heteroatoms. The highest BCUT2D eigenvalue weighted by Crippen LogP contribution is 2.46. The third-order valence-corrected chi connectivity index (χ3v) is 6.79. The van der Waals surface area contributed by atoms with Crippen molar-refractivity contribution >= 4 is 11.9 Å². The summed E-state index contributed by atoms with van der Waals surface area (Å²) < 4.78 is 5.29. The van der Waals surface area contributed by atoms with Gasteiger partial charge in [0.05, 0.1) is 13.2 Å². The third-order valence-electron chi connectivity index (χ3n) is 6.79. The van der Waals surface area contributed by atoms with Crippen LogP contribution in [0.1, 0.15) is 37.3 Å².